The van der Waals surface area contributed by atoms with Gasteiger partial charge in [0.1, 0.15) is 6.07 Å². The fraction of sp³-hybridized carbons (Fsp3) is 0.182. The van der Waals surface area contributed by atoms with Gasteiger partial charge in [0.05, 0.1) is 11.3 Å². The van der Waals surface area contributed by atoms with Crippen LogP contribution >= 0.6 is 11.3 Å². The van der Waals surface area contributed by atoms with Gasteiger partial charge in [0.25, 0.3) is 0 Å². The lowest BCUT2D eigenvalue weighted by molar-refractivity contribution is -0.138. The molecular weight excluding hydrogens is 277 g/mol. The molecule has 0 aliphatic carbocycles. The number of benzene rings is 1. The molecule has 2 rings (SSSR count). The summed E-state index contributed by atoms with van der Waals surface area (Å²) in [6.07, 6.45) is -4.51. The molecular formula is C11H7F3N4S. The Morgan fingerprint density at radius 1 is 1.26 bits per heavy atom. The van der Waals surface area contributed by atoms with Crippen LogP contribution in [0.15, 0.2) is 24.3 Å². The summed E-state index contributed by atoms with van der Waals surface area (Å²) < 4.78 is 37.3. The number of anilines is 2. The number of alkyl halides is 3. The molecule has 19 heavy (non-hydrogen) atoms. The monoisotopic (exact) mass is 284 g/mol. The molecule has 0 fully saturated rings. The zero-order valence-corrected chi connectivity index (χ0v) is 10.5. The quantitative estimate of drug-likeness (QED) is 0.849. The van der Waals surface area contributed by atoms with Crippen LogP contribution in [0.4, 0.5) is 24.0 Å². The third kappa shape index (κ3) is 2.66. The van der Waals surface area contributed by atoms with Gasteiger partial charge in [-0.05, 0) is 12.1 Å². The summed E-state index contributed by atoms with van der Waals surface area (Å²) in [7, 11) is 1.54. The molecule has 4 nitrogen and oxygen atoms in total. The number of nitriles is 1. The van der Waals surface area contributed by atoms with Gasteiger partial charge in [0, 0.05) is 7.05 Å². The van der Waals surface area contributed by atoms with E-state index in [-0.39, 0.29) is 5.13 Å². The van der Waals surface area contributed by atoms with Crippen molar-refractivity contribution in [3.8, 4) is 6.07 Å². The average Bonchev–Trinajstić information content (AvgIpc) is 2.87. The van der Waals surface area contributed by atoms with E-state index in [4.69, 9.17) is 5.26 Å². The molecule has 1 heterocycles. The zero-order chi connectivity index (χ0) is 14.0. The summed E-state index contributed by atoms with van der Waals surface area (Å²) in [6, 6.07) is 8.56. The van der Waals surface area contributed by atoms with Crippen LogP contribution in [0.1, 0.15) is 10.6 Å². The highest BCUT2D eigenvalue weighted by Crippen LogP contribution is 2.36. The molecule has 0 radical (unpaired) electrons. The molecule has 0 atom stereocenters. The minimum absolute atomic E-state index is 0.0787. The van der Waals surface area contributed by atoms with Gasteiger partial charge in [-0.1, -0.05) is 23.5 Å². The Kier molecular flexibility index (Phi) is 3.40. The van der Waals surface area contributed by atoms with Crippen LogP contribution in [0.3, 0.4) is 0 Å². The second-order valence-corrected chi connectivity index (χ2v) is 4.53. The number of para-hydroxylation sites is 1. The lowest BCUT2D eigenvalue weighted by atomic mass is 10.2. The topological polar surface area (TPSA) is 52.8 Å². The van der Waals surface area contributed by atoms with Crippen LogP contribution in [-0.2, 0) is 6.18 Å². The van der Waals surface area contributed by atoms with Crippen molar-refractivity contribution in [3.63, 3.8) is 0 Å². The fourth-order valence-corrected chi connectivity index (χ4v) is 2.12. The Bertz CT molecular complexity index is 629. The van der Waals surface area contributed by atoms with Crippen LogP contribution in [0.2, 0.25) is 0 Å². The maximum Gasteiger partial charge on any atom is 0.445 e. The van der Waals surface area contributed by atoms with Gasteiger partial charge in [-0.25, -0.2) is 0 Å². The van der Waals surface area contributed by atoms with Crippen molar-refractivity contribution < 1.29 is 13.2 Å². The smallest absolute Gasteiger partial charge is 0.318 e. The number of rotatable bonds is 2. The standard InChI is InChI=1S/C11H7F3N4S/c1-18(8-5-3-2-4-7(8)6-15)10-17-16-9(19-10)11(12,13)14/h2-5H,1H3. The first-order chi connectivity index (χ1) is 8.93. The van der Waals surface area contributed by atoms with Crippen molar-refractivity contribution >= 4 is 22.2 Å². The molecule has 0 amide bonds. The van der Waals surface area contributed by atoms with Crippen LogP contribution in [0.25, 0.3) is 0 Å². The Balaban J connectivity index is 2.37. The van der Waals surface area contributed by atoms with Crippen molar-refractivity contribution in [2.24, 2.45) is 0 Å². The SMILES string of the molecule is CN(c1nnc(C(F)(F)F)s1)c1ccccc1C#N. The molecule has 0 bridgehead atoms. The van der Waals surface area contributed by atoms with Gasteiger partial charge in [-0.15, -0.1) is 10.2 Å². The number of hydrogen-bond donors (Lipinski definition) is 0. The zero-order valence-electron chi connectivity index (χ0n) is 9.64. The van der Waals surface area contributed by atoms with E-state index >= 15 is 0 Å². The Morgan fingerprint density at radius 3 is 2.53 bits per heavy atom. The summed E-state index contributed by atoms with van der Waals surface area (Å²) in [6.45, 7) is 0. The van der Waals surface area contributed by atoms with E-state index in [1.165, 1.54) is 11.9 Å². The maximum absolute atomic E-state index is 12.4. The van der Waals surface area contributed by atoms with E-state index in [9.17, 15) is 13.2 Å². The molecule has 0 N–H and O–H groups in total. The predicted octanol–water partition coefficient (Wildman–Crippen LogP) is 3.20. The van der Waals surface area contributed by atoms with Crippen LogP contribution in [0, 0.1) is 11.3 Å². The lowest BCUT2D eigenvalue weighted by Crippen LogP contribution is -2.10. The van der Waals surface area contributed by atoms with Gasteiger partial charge in [-0.2, -0.15) is 18.4 Å². The van der Waals surface area contributed by atoms with E-state index in [1.54, 1.807) is 24.3 Å². The Morgan fingerprint density at radius 2 is 1.95 bits per heavy atom. The molecule has 0 aliphatic rings. The molecule has 8 heteroatoms. The highest BCUT2D eigenvalue weighted by molar-refractivity contribution is 7.15. The number of halogens is 3. The highest BCUT2D eigenvalue weighted by atomic mass is 32.1. The minimum atomic E-state index is -4.51. The van der Waals surface area contributed by atoms with Crippen LogP contribution in [0.5, 0.6) is 0 Å². The van der Waals surface area contributed by atoms with Crippen molar-refractivity contribution in [1.29, 1.82) is 5.26 Å². The summed E-state index contributed by atoms with van der Waals surface area (Å²) in [5.74, 6) is 0. The fourth-order valence-electron chi connectivity index (χ4n) is 1.43. The van der Waals surface area contributed by atoms with E-state index in [2.05, 4.69) is 10.2 Å². The molecule has 0 spiro atoms. The van der Waals surface area contributed by atoms with Gasteiger partial charge in [0.15, 0.2) is 0 Å². The Labute approximate surface area is 110 Å². The summed E-state index contributed by atoms with van der Waals surface area (Å²) in [5, 5.41) is 14.6. The van der Waals surface area contributed by atoms with Gasteiger partial charge >= 0.3 is 6.18 Å². The molecule has 1 aromatic heterocycles. The van der Waals surface area contributed by atoms with Gasteiger partial charge < -0.3 is 4.90 Å². The lowest BCUT2D eigenvalue weighted by Gasteiger charge is -2.16. The number of nitrogens with zero attached hydrogens (tertiary/aromatic N) is 4. The Hall–Kier alpha value is -2.14. The first-order valence-corrected chi connectivity index (χ1v) is 5.88. The molecule has 0 saturated heterocycles. The molecule has 0 saturated carbocycles. The molecule has 1 aromatic carbocycles. The largest absolute Gasteiger partial charge is 0.445 e. The van der Waals surface area contributed by atoms with Crippen molar-refractivity contribution in [2.75, 3.05) is 11.9 Å². The molecule has 0 unspecified atom stereocenters. The minimum Gasteiger partial charge on any atom is -0.318 e. The van der Waals surface area contributed by atoms with E-state index < -0.39 is 11.2 Å². The van der Waals surface area contributed by atoms with E-state index in [0.717, 1.165) is 0 Å². The molecule has 2 aromatic rings. The molecule has 98 valence electrons. The maximum atomic E-state index is 12.4. The normalized spacial score (nSPS) is 11.1. The summed E-state index contributed by atoms with van der Waals surface area (Å²) in [5.41, 5.74) is 0.837. The third-order valence-corrected chi connectivity index (χ3v) is 3.37. The summed E-state index contributed by atoms with van der Waals surface area (Å²) >= 11 is 0.431. The van der Waals surface area contributed by atoms with Gasteiger partial charge in [0.2, 0.25) is 10.1 Å². The summed E-state index contributed by atoms with van der Waals surface area (Å²) in [4.78, 5) is 1.41. The average molecular weight is 284 g/mol. The van der Waals surface area contributed by atoms with E-state index in [0.29, 0.717) is 22.6 Å². The first-order valence-electron chi connectivity index (χ1n) is 5.07. The predicted molar refractivity (Wildman–Crippen MR) is 64.1 cm³/mol. The second kappa shape index (κ2) is 4.85. The number of hydrogen-bond acceptors (Lipinski definition) is 5. The second-order valence-electron chi connectivity index (χ2n) is 3.58. The van der Waals surface area contributed by atoms with Crippen LogP contribution < -0.4 is 4.90 Å². The number of aromatic nitrogens is 2. The van der Waals surface area contributed by atoms with Crippen molar-refractivity contribution in [1.82, 2.24) is 10.2 Å². The first kappa shape index (κ1) is 13.3. The van der Waals surface area contributed by atoms with Gasteiger partial charge in [-0.3, -0.25) is 0 Å². The highest BCUT2D eigenvalue weighted by Gasteiger charge is 2.36. The third-order valence-electron chi connectivity index (χ3n) is 2.33. The van der Waals surface area contributed by atoms with Crippen molar-refractivity contribution in [3.05, 3.63) is 34.8 Å². The van der Waals surface area contributed by atoms with Crippen LogP contribution in [-0.4, -0.2) is 17.2 Å². The molecule has 0 aliphatic heterocycles. The van der Waals surface area contributed by atoms with E-state index in [1.807, 2.05) is 6.07 Å². The van der Waals surface area contributed by atoms with Crippen molar-refractivity contribution in [2.45, 2.75) is 6.18 Å².